The molecule has 1 aromatic rings. The van der Waals surface area contributed by atoms with Gasteiger partial charge in [-0.3, -0.25) is 4.79 Å². The van der Waals surface area contributed by atoms with Gasteiger partial charge in [0.05, 0.1) is 11.7 Å². The first-order valence-electron chi connectivity index (χ1n) is 6.21. The Morgan fingerprint density at radius 3 is 2.32 bits per heavy atom. The van der Waals surface area contributed by atoms with E-state index in [4.69, 9.17) is 4.74 Å². The first-order chi connectivity index (χ1) is 8.66. The fraction of sp³-hybridized carbons (Fsp3) is 0.467. The number of ether oxygens (including phenoxy) is 1. The SMILES string of the molecule is CC(=O)C(C)(O)c1ccc(C(=O)OC(C)C)c(C)c1. The molecule has 0 spiro atoms. The van der Waals surface area contributed by atoms with Crippen molar-refractivity contribution in [2.75, 3.05) is 0 Å². The number of rotatable bonds is 4. The second kappa shape index (κ2) is 5.53. The molecule has 19 heavy (non-hydrogen) atoms. The Balaban J connectivity index is 3.11. The normalized spacial score (nSPS) is 14.1. The van der Waals surface area contributed by atoms with Crippen LogP contribution in [0, 0.1) is 6.92 Å². The Bertz CT molecular complexity index is 501. The van der Waals surface area contributed by atoms with E-state index < -0.39 is 11.6 Å². The number of aliphatic hydroxyl groups is 1. The molecule has 104 valence electrons. The Kier molecular flexibility index (Phi) is 4.48. The summed E-state index contributed by atoms with van der Waals surface area (Å²) >= 11 is 0. The Morgan fingerprint density at radius 2 is 1.89 bits per heavy atom. The Morgan fingerprint density at radius 1 is 1.32 bits per heavy atom. The number of benzene rings is 1. The second-order valence-corrected chi connectivity index (χ2v) is 5.11. The molecule has 0 radical (unpaired) electrons. The van der Waals surface area contributed by atoms with E-state index in [2.05, 4.69) is 0 Å². The molecule has 0 aliphatic rings. The van der Waals surface area contributed by atoms with Gasteiger partial charge in [-0.15, -0.1) is 0 Å². The summed E-state index contributed by atoms with van der Waals surface area (Å²) in [6.45, 7) is 8.08. The summed E-state index contributed by atoms with van der Waals surface area (Å²) in [6.07, 6.45) is -0.188. The van der Waals surface area contributed by atoms with Gasteiger partial charge in [-0.1, -0.05) is 12.1 Å². The molecule has 0 saturated heterocycles. The van der Waals surface area contributed by atoms with Crippen molar-refractivity contribution in [3.63, 3.8) is 0 Å². The van der Waals surface area contributed by atoms with Crippen molar-refractivity contribution >= 4 is 11.8 Å². The molecule has 0 aliphatic heterocycles. The molecule has 4 nitrogen and oxygen atoms in total. The molecule has 0 saturated carbocycles. The monoisotopic (exact) mass is 264 g/mol. The summed E-state index contributed by atoms with van der Waals surface area (Å²) in [6, 6.07) is 4.79. The second-order valence-electron chi connectivity index (χ2n) is 5.11. The van der Waals surface area contributed by atoms with Gasteiger partial charge >= 0.3 is 5.97 Å². The van der Waals surface area contributed by atoms with Crippen molar-refractivity contribution in [2.24, 2.45) is 0 Å². The Labute approximate surface area is 113 Å². The maximum Gasteiger partial charge on any atom is 0.338 e. The molecule has 0 amide bonds. The molecule has 0 aromatic heterocycles. The van der Waals surface area contributed by atoms with Gasteiger partial charge in [-0.25, -0.2) is 4.79 Å². The van der Waals surface area contributed by atoms with Crippen molar-refractivity contribution in [3.8, 4) is 0 Å². The highest BCUT2D eigenvalue weighted by atomic mass is 16.5. The van der Waals surface area contributed by atoms with Gasteiger partial charge < -0.3 is 9.84 Å². The largest absolute Gasteiger partial charge is 0.459 e. The summed E-state index contributed by atoms with van der Waals surface area (Å²) < 4.78 is 5.12. The van der Waals surface area contributed by atoms with Gasteiger partial charge in [-0.2, -0.15) is 0 Å². The first-order valence-corrected chi connectivity index (χ1v) is 6.21. The number of carbonyl (C=O) groups is 2. The van der Waals surface area contributed by atoms with Crippen molar-refractivity contribution in [2.45, 2.75) is 46.3 Å². The van der Waals surface area contributed by atoms with Gasteiger partial charge in [0, 0.05) is 0 Å². The van der Waals surface area contributed by atoms with Crippen LogP contribution in [0.25, 0.3) is 0 Å². The highest BCUT2D eigenvalue weighted by molar-refractivity contribution is 5.92. The fourth-order valence-corrected chi connectivity index (χ4v) is 1.68. The predicted molar refractivity (Wildman–Crippen MR) is 72.0 cm³/mol. The fourth-order valence-electron chi connectivity index (χ4n) is 1.68. The third-order valence-corrected chi connectivity index (χ3v) is 3.04. The minimum Gasteiger partial charge on any atom is -0.459 e. The van der Waals surface area contributed by atoms with Crippen LogP contribution in [-0.4, -0.2) is 23.0 Å². The lowest BCUT2D eigenvalue weighted by molar-refractivity contribution is -0.134. The molecule has 0 bridgehead atoms. The zero-order chi connectivity index (χ0) is 14.8. The van der Waals surface area contributed by atoms with Crippen LogP contribution in [0.15, 0.2) is 18.2 Å². The van der Waals surface area contributed by atoms with Crippen LogP contribution in [0.5, 0.6) is 0 Å². The van der Waals surface area contributed by atoms with Gasteiger partial charge in [0.15, 0.2) is 5.78 Å². The number of carbonyl (C=O) groups excluding carboxylic acids is 2. The summed E-state index contributed by atoms with van der Waals surface area (Å²) in [5, 5.41) is 10.1. The molecular formula is C15H20O4. The van der Waals surface area contributed by atoms with Crippen LogP contribution < -0.4 is 0 Å². The molecule has 1 rings (SSSR count). The topological polar surface area (TPSA) is 63.6 Å². The standard InChI is InChI=1S/C15H20O4/c1-9(2)19-14(17)13-7-6-12(8-10(13)3)15(5,18)11(4)16/h6-9,18H,1-5H3. The van der Waals surface area contributed by atoms with E-state index in [1.807, 2.05) is 0 Å². The van der Waals surface area contributed by atoms with Crippen molar-refractivity contribution in [3.05, 3.63) is 34.9 Å². The van der Waals surface area contributed by atoms with E-state index in [9.17, 15) is 14.7 Å². The number of esters is 1. The van der Waals surface area contributed by atoms with Gasteiger partial charge in [0.1, 0.15) is 5.60 Å². The van der Waals surface area contributed by atoms with Crippen LogP contribution in [0.1, 0.15) is 49.2 Å². The highest BCUT2D eigenvalue weighted by Gasteiger charge is 2.29. The van der Waals surface area contributed by atoms with E-state index >= 15 is 0 Å². The summed E-state index contributed by atoms with van der Waals surface area (Å²) in [5.74, 6) is -0.745. The third-order valence-electron chi connectivity index (χ3n) is 3.04. The third kappa shape index (κ3) is 3.41. The van der Waals surface area contributed by atoms with Crippen molar-refractivity contribution in [1.82, 2.24) is 0 Å². The zero-order valence-electron chi connectivity index (χ0n) is 12.0. The lowest BCUT2D eigenvalue weighted by Crippen LogP contribution is -2.30. The maximum absolute atomic E-state index is 11.8. The van der Waals surface area contributed by atoms with Gasteiger partial charge in [0.2, 0.25) is 0 Å². The van der Waals surface area contributed by atoms with Gasteiger partial charge in [-0.05, 0) is 51.8 Å². The van der Waals surface area contributed by atoms with E-state index in [1.54, 1.807) is 39.0 Å². The molecule has 4 heteroatoms. The van der Waals surface area contributed by atoms with Crippen LogP contribution in [0.2, 0.25) is 0 Å². The minimum atomic E-state index is -1.54. The lowest BCUT2D eigenvalue weighted by atomic mass is 9.90. The summed E-state index contributed by atoms with van der Waals surface area (Å²) in [4.78, 5) is 23.2. The molecule has 1 aromatic carbocycles. The van der Waals surface area contributed by atoms with Gasteiger partial charge in [0.25, 0.3) is 0 Å². The first kappa shape index (κ1) is 15.4. The maximum atomic E-state index is 11.8. The van der Waals surface area contributed by atoms with Crippen LogP contribution in [-0.2, 0) is 15.1 Å². The van der Waals surface area contributed by atoms with E-state index in [0.717, 1.165) is 0 Å². The van der Waals surface area contributed by atoms with E-state index in [0.29, 0.717) is 16.7 Å². The number of Topliss-reactive ketones (excluding diaryl/α,β-unsaturated/α-hetero) is 1. The number of hydrogen-bond donors (Lipinski definition) is 1. The smallest absolute Gasteiger partial charge is 0.338 e. The average molecular weight is 264 g/mol. The number of hydrogen-bond acceptors (Lipinski definition) is 4. The molecule has 1 N–H and O–H groups in total. The molecular weight excluding hydrogens is 244 g/mol. The quantitative estimate of drug-likeness (QED) is 0.848. The zero-order valence-corrected chi connectivity index (χ0v) is 12.0. The summed E-state index contributed by atoms with van der Waals surface area (Å²) in [5.41, 5.74) is 0.0469. The number of aryl methyl sites for hydroxylation is 1. The molecule has 0 aliphatic carbocycles. The van der Waals surface area contributed by atoms with E-state index in [-0.39, 0.29) is 11.9 Å². The lowest BCUT2D eigenvalue weighted by Gasteiger charge is -2.21. The molecule has 1 unspecified atom stereocenters. The number of ketones is 1. The van der Waals surface area contributed by atoms with Crippen molar-refractivity contribution in [1.29, 1.82) is 0 Å². The van der Waals surface area contributed by atoms with Crippen LogP contribution in [0.4, 0.5) is 0 Å². The van der Waals surface area contributed by atoms with Crippen LogP contribution >= 0.6 is 0 Å². The average Bonchev–Trinajstić information content (AvgIpc) is 2.27. The molecule has 1 atom stereocenters. The predicted octanol–water partition coefficient (Wildman–Crippen LogP) is 2.36. The molecule has 0 fully saturated rings. The minimum absolute atomic E-state index is 0.188. The van der Waals surface area contributed by atoms with Crippen LogP contribution in [0.3, 0.4) is 0 Å². The summed E-state index contributed by atoms with van der Waals surface area (Å²) in [7, 11) is 0. The highest BCUT2D eigenvalue weighted by Crippen LogP contribution is 2.24. The van der Waals surface area contributed by atoms with Crippen molar-refractivity contribution < 1.29 is 19.4 Å². The molecule has 0 heterocycles. The van der Waals surface area contributed by atoms with E-state index in [1.165, 1.54) is 13.8 Å². The Hall–Kier alpha value is -1.68.